The number of aromatic nitrogens is 1. The van der Waals surface area contributed by atoms with Gasteiger partial charge in [-0.05, 0) is 59.9 Å². The van der Waals surface area contributed by atoms with Crippen molar-refractivity contribution in [2.45, 2.75) is 42.4 Å². The first-order valence-electron chi connectivity index (χ1n) is 9.80. The van der Waals surface area contributed by atoms with E-state index in [2.05, 4.69) is 6.07 Å². The second-order valence-corrected chi connectivity index (χ2v) is 11.1. The fraction of sp³-hybridized carbons (Fsp3) is 0.304. The molecule has 1 aliphatic rings. The van der Waals surface area contributed by atoms with E-state index in [1.54, 1.807) is 11.3 Å². The van der Waals surface area contributed by atoms with Crippen LogP contribution >= 0.6 is 23.1 Å². The van der Waals surface area contributed by atoms with Gasteiger partial charge < -0.3 is 4.55 Å². The van der Waals surface area contributed by atoms with Crippen molar-refractivity contribution in [3.05, 3.63) is 59.5 Å². The monoisotopic (exact) mass is 438 g/mol. The maximum Gasteiger partial charge on any atom is 0.157 e. The van der Waals surface area contributed by atoms with Crippen molar-refractivity contribution in [1.82, 2.24) is 4.98 Å². The average molecular weight is 439 g/mol. The van der Waals surface area contributed by atoms with Crippen LogP contribution in [-0.2, 0) is 11.2 Å². The summed E-state index contributed by atoms with van der Waals surface area (Å²) in [4.78, 5) is 5.88. The molecule has 1 saturated carbocycles. The zero-order valence-electron chi connectivity index (χ0n) is 16.0. The summed E-state index contributed by atoms with van der Waals surface area (Å²) in [6.45, 7) is 0. The lowest BCUT2D eigenvalue weighted by Gasteiger charge is -2.24. The van der Waals surface area contributed by atoms with E-state index in [0.29, 0.717) is 15.7 Å². The summed E-state index contributed by atoms with van der Waals surface area (Å²) in [5.74, 6) is 0. The summed E-state index contributed by atoms with van der Waals surface area (Å²) in [5.41, 5.74) is 3.32. The highest BCUT2D eigenvalue weighted by Gasteiger charge is 2.26. The van der Waals surface area contributed by atoms with E-state index in [4.69, 9.17) is 4.98 Å². The lowest BCUT2D eigenvalue weighted by atomic mass is 10.0. The Morgan fingerprint density at radius 1 is 1.14 bits per heavy atom. The van der Waals surface area contributed by atoms with E-state index in [9.17, 15) is 9.81 Å². The summed E-state index contributed by atoms with van der Waals surface area (Å²) >= 11 is 2.20. The van der Waals surface area contributed by atoms with Gasteiger partial charge in [0.1, 0.15) is 16.3 Å². The van der Waals surface area contributed by atoms with Crippen LogP contribution in [0.1, 0.15) is 37.7 Å². The Labute approximate surface area is 183 Å². The number of pyridine rings is 1. The SMILES string of the molecule is N#Cc1c(-c2ccccc2)cc(-c2cccs2)nc1SC[S+]([O-])C1CCCCC1. The van der Waals surface area contributed by atoms with Gasteiger partial charge in [-0.3, -0.25) is 0 Å². The Hall–Kier alpha value is -1.78. The highest BCUT2D eigenvalue weighted by atomic mass is 32.3. The van der Waals surface area contributed by atoms with Gasteiger partial charge in [-0.2, -0.15) is 5.26 Å². The number of hydrogen-bond donors (Lipinski definition) is 0. The van der Waals surface area contributed by atoms with Crippen LogP contribution in [0, 0.1) is 11.3 Å². The maximum absolute atomic E-state index is 12.8. The Kier molecular flexibility index (Phi) is 6.94. The maximum atomic E-state index is 12.8. The molecule has 0 amide bonds. The van der Waals surface area contributed by atoms with Crippen LogP contribution in [0.3, 0.4) is 0 Å². The second-order valence-electron chi connectivity index (χ2n) is 7.09. The third kappa shape index (κ3) is 4.87. The van der Waals surface area contributed by atoms with Crippen LogP contribution < -0.4 is 0 Å². The molecule has 0 radical (unpaired) electrons. The minimum atomic E-state index is -0.895. The molecule has 4 rings (SSSR count). The fourth-order valence-electron chi connectivity index (χ4n) is 3.67. The first-order chi connectivity index (χ1) is 14.3. The number of rotatable bonds is 6. The molecule has 1 unspecified atom stereocenters. The third-order valence-corrected chi connectivity index (χ3v) is 9.27. The molecule has 2 heterocycles. The summed E-state index contributed by atoms with van der Waals surface area (Å²) in [7, 11) is 0. The van der Waals surface area contributed by atoms with Crippen molar-refractivity contribution in [2.24, 2.45) is 0 Å². The summed E-state index contributed by atoms with van der Waals surface area (Å²) < 4.78 is 12.8. The van der Waals surface area contributed by atoms with Crippen LogP contribution in [0.25, 0.3) is 21.7 Å². The average Bonchev–Trinajstić information content (AvgIpc) is 3.33. The van der Waals surface area contributed by atoms with Crippen molar-refractivity contribution >= 4 is 34.3 Å². The molecule has 1 fully saturated rings. The molecule has 29 heavy (non-hydrogen) atoms. The smallest absolute Gasteiger partial charge is 0.157 e. The lowest BCUT2D eigenvalue weighted by molar-refractivity contribution is 0.485. The van der Waals surface area contributed by atoms with Crippen molar-refractivity contribution < 1.29 is 4.55 Å². The molecule has 3 nitrogen and oxygen atoms in total. The van der Waals surface area contributed by atoms with Gasteiger partial charge in [-0.15, -0.1) is 11.3 Å². The predicted molar refractivity (Wildman–Crippen MR) is 123 cm³/mol. The van der Waals surface area contributed by atoms with Crippen molar-refractivity contribution in [2.75, 3.05) is 5.08 Å². The lowest BCUT2D eigenvalue weighted by Crippen LogP contribution is -2.25. The van der Waals surface area contributed by atoms with Crippen LogP contribution in [-0.4, -0.2) is 19.9 Å². The van der Waals surface area contributed by atoms with Gasteiger partial charge in [0.05, 0.1) is 16.1 Å². The molecule has 1 aromatic carbocycles. The summed E-state index contributed by atoms with van der Waals surface area (Å²) in [5, 5.41) is 13.4. The Balaban J connectivity index is 1.68. The molecule has 6 heteroatoms. The Morgan fingerprint density at radius 2 is 1.93 bits per heavy atom. The second kappa shape index (κ2) is 9.82. The van der Waals surface area contributed by atoms with Gasteiger partial charge in [-0.25, -0.2) is 4.98 Å². The summed E-state index contributed by atoms with van der Waals surface area (Å²) in [6.07, 6.45) is 5.71. The predicted octanol–water partition coefficient (Wildman–Crippen LogP) is 6.48. The Bertz CT molecular complexity index is 977. The van der Waals surface area contributed by atoms with E-state index in [1.807, 2.05) is 53.9 Å². The number of thiophene rings is 1. The van der Waals surface area contributed by atoms with E-state index < -0.39 is 11.2 Å². The van der Waals surface area contributed by atoms with Crippen LogP contribution in [0.4, 0.5) is 0 Å². The quantitative estimate of drug-likeness (QED) is 0.326. The zero-order valence-corrected chi connectivity index (χ0v) is 18.5. The number of hydrogen-bond acceptors (Lipinski definition) is 5. The van der Waals surface area contributed by atoms with E-state index >= 15 is 0 Å². The number of nitrogens with zero attached hydrogens (tertiary/aromatic N) is 2. The molecule has 0 saturated heterocycles. The molecule has 0 spiro atoms. The van der Waals surface area contributed by atoms with Crippen LogP contribution in [0.15, 0.2) is 58.9 Å². The van der Waals surface area contributed by atoms with Gasteiger partial charge in [0.15, 0.2) is 5.08 Å². The topological polar surface area (TPSA) is 59.7 Å². The zero-order chi connectivity index (χ0) is 20.1. The van der Waals surface area contributed by atoms with Crippen molar-refractivity contribution in [3.63, 3.8) is 0 Å². The number of thioether (sulfide) groups is 1. The largest absolute Gasteiger partial charge is 0.615 e. The normalized spacial score (nSPS) is 15.7. The molecular formula is C23H22N2OS3. The first kappa shape index (κ1) is 20.5. The number of benzene rings is 1. The van der Waals surface area contributed by atoms with Gasteiger partial charge in [0, 0.05) is 5.56 Å². The minimum Gasteiger partial charge on any atom is -0.615 e. The number of nitriles is 1. The molecule has 0 N–H and O–H groups in total. The molecular weight excluding hydrogens is 416 g/mol. The molecule has 3 aromatic rings. The Morgan fingerprint density at radius 3 is 2.62 bits per heavy atom. The molecule has 1 atom stereocenters. The third-order valence-electron chi connectivity index (χ3n) is 5.19. The summed E-state index contributed by atoms with van der Waals surface area (Å²) in [6, 6.07) is 18.4. The molecule has 148 valence electrons. The van der Waals surface area contributed by atoms with Crippen LogP contribution in [0.2, 0.25) is 0 Å². The van der Waals surface area contributed by atoms with Crippen LogP contribution in [0.5, 0.6) is 0 Å². The minimum absolute atomic E-state index is 0.288. The van der Waals surface area contributed by atoms with Gasteiger partial charge >= 0.3 is 0 Å². The van der Waals surface area contributed by atoms with E-state index in [1.165, 1.54) is 31.0 Å². The standard InChI is InChI=1S/C23H22N2OS3/c24-15-20-19(17-8-3-1-4-9-17)14-21(22-12-7-13-27-22)25-23(20)28-16-29(26)18-10-5-2-6-11-18/h1,3-4,7-9,12-14,18H,2,5-6,10-11,16H2. The highest BCUT2D eigenvalue weighted by Crippen LogP contribution is 2.36. The van der Waals surface area contributed by atoms with Crippen molar-refractivity contribution in [1.29, 1.82) is 5.26 Å². The molecule has 2 aromatic heterocycles. The van der Waals surface area contributed by atoms with E-state index in [-0.39, 0.29) is 5.25 Å². The van der Waals surface area contributed by atoms with Gasteiger partial charge in [-0.1, -0.05) is 54.6 Å². The molecule has 0 aliphatic heterocycles. The first-order valence-corrected chi connectivity index (χ1v) is 13.1. The highest BCUT2D eigenvalue weighted by molar-refractivity contribution is 8.12. The van der Waals surface area contributed by atoms with E-state index in [0.717, 1.165) is 34.5 Å². The van der Waals surface area contributed by atoms with Crippen molar-refractivity contribution in [3.8, 4) is 27.8 Å². The fourth-order valence-corrected chi connectivity index (χ4v) is 7.36. The van der Waals surface area contributed by atoms with Gasteiger partial charge in [0.25, 0.3) is 0 Å². The molecule has 1 aliphatic carbocycles. The molecule has 0 bridgehead atoms. The van der Waals surface area contributed by atoms with Gasteiger partial charge in [0.2, 0.25) is 0 Å².